The molecule has 0 aliphatic carbocycles. The van der Waals surface area contributed by atoms with Crippen molar-refractivity contribution in [3.05, 3.63) is 64.1 Å². The molecule has 0 aliphatic heterocycles. The number of H-pyrrole nitrogens is 3. The predicted octanol–water partition coefficient (Wildman–Crippen LogP) is 1.36. The zero-order valence-electron chi connectivity index (χ0n) is 11.7. The molecule has 0 spiro atoms. The summed E-state index contributed by atoms with van der Waals surface area (Å²) in [4.78, 5) is 56.5. The minimum Gasteiger partial charge on any atom is -0.354 e. The van der Waals surface area contributed by atoms with Gasteiger partial charge < -0.3 is 4.98 Å². The van der Waals surface area contributed by atoms with Crippen LogP contribution in [-0.2, 0) is 0 Å². The lowest BCUT2D eigenvalue weighted by atomic mass is 10.0. The Morgan fingerprint density at radius 1 is 0.667 bits per heavy atom. The second kappa shape index (κ2) is 4.09. The van der Waals surface area contributed by atoms with Crippen molar-refractivity contribution in [1.82, 2.24) is 15.0 Å². The summed E-state index contributed by atoms with van der Waals surface area (Å²) in [6, 6.07) is 5.40. The van der Waals surface area contributed by atoms with Crippen molar-refractivity contribution in [1.29, 1.82) is 0 Å². The van der Waals surface area contributed by atoms with Crippen LogP contribution in [0.2, 0.25) is 0 Å². The average molecular weight is 384 g/mol. The molecule has 3 heterocycles. The standard InChI is InChI=1S/C16H6BrN3O4/c17-4-1-2-6-5(3-4)7-8-9(14(22)19-13(8)21)10-11(12(7)18-6)16(24)20-15(10)23/h1-3,18H,(H,19,21,22)(H,20,23,24). The van der Waals surface area contributed by atoms with Gasteiger partial charge in [-0.05, 0) is 18.2 Å². The van der Waals surface area contributed by atoms with Crippen LogP contribution >= 0.6 is 15.9 Å². The molecule has 0 fully saturated rings. The van der Waals surface area contributed by atoms with E-state index in [4.69, 9.17) is 0 Å². The molecular formula is C16H6BrN3O4. The summed E-state index contributed by atoms with van der Waals surface area (Å²) < 4.78 is 0.787. The summed E-state index contributed by atoms with van der Waals surface area (Å²) in [5, 5.41) is 1.31. The van der Waals surface area contributed by atoms with Gasteiger partial charge >= 0.3 is 0 Å². The molecule has 0 radical (unpaired) electrons. The maximum atomic E-state index is 12.3. The Balaban J connectivity index is 2.37. The van der Waals surface area contributed by atoms with Gasteiger partial charge in [0.1, 0.15) is 0 Å². The fourth-order valence-corrected chi connectivity index (χ4v) is 3.84. The van der Waals surface area contributed by atoms with E-state index in [1.165, 1.54) is 0 Å². The van der Waals surface area contributed by atoms with Gasteiger partial charge in [-0.1, -0.05) is 15.9 Å². The normalized spacial score (nSPS) is 12.2. The topological polar surface area (TPSA) is 116 Å². The minimum absolute atomic E-state index is 0.0354. The zero-order valence-corrected chi connectivity index (χ0v) is 13.3. The maximum absolute atomic E-state index is 12.3. The Bertz CT molecular complexity index is 1540. The fourth-order valence-electron chi connectivity index (χ4n) is 3.48. The van der Waals surface area contributed by atoms with Crippen LogP contribution in [0.1, 0.15) is 0 Å². The van der Waals surface area contributed by atoms with Crippen LogP contribution in [0, 0.1) is 0 Å². The number of halogens is 1. The molecule has 0 atom stereocenters. The largest absolute Gasteiger partial charge is 0.354 e. The molecule has 7 nitrogen and oxygen atoms in total. The van der Waals surface area contributed by atoms with Gasteiger partial charge in [0, 0.05) is 20.8 Å². The van der Waals surface area contributed by atoms with E-state index in [0.717, 1.165) is 4.47 Å². The second-order valence-corrected chi connectivity index (χ2v) is 6.55. The quantitative estimate of drug-likeness (QED) is 0.374. The highest BCUT2D eigenvalue weighted by molar-refractivity contribution is 9.10. The van der Waals surface area contributed by atoms with Gasteiger partial charge in [-0.25, -0.2) is 0 Å². The lowest BCUT2D eigenvalue weighted by molar-refractivity contribution is 1.26. The Labute approximate surface area is 138 Å². The third kappa shape index (κ3) is 1.41. The van der Waals surface area contributed by atoms with Crippen LogP contribution in [0.5, 0.6) is 0 Å². The number of nitrogens with one attached hydrogen (secondary N) is 3. The number of hydrogen-bond donors (Lipinski definition) is 3. The molecule has 0 saturated carbocycles. The molecule has 24 heavy (non-hydrogen) atoms. The Morgan fingerprint density at radius 3 is 1.88 bits per heavy atom. The maximum Gasteiger partial charge on any atom is 0.261 e. The van der Waals surface area contributed by atoms with Crippen LogP contribution in [0.25, 0.3) is 43.4 Å². The highest BCUT2D eigenvalue weighted by Gasteiger charge is 2.23. The van der Waals surface area contributed by atoms with Gasteiger partial charge in [0.15, 0.2) is 0 Å². The molecule has 0 unspecified atom stereocenters. The second-order valence-electron chi connectivity index (χ2n) is 5.63. The highest BCUT2D eigenvalue weighted by atomic mass is 79.9. The summed E-state index contributed by atoms with van der Waals surface area (Å²) in [7, 11) is 0. The first kappa shape index (κ1) is 13.4. The van der Waals surface area contributed by atoms with Crippen LogP contribution in [0.3, 0.4) is 0 Å². The van der Waals surface area contributed by atoms with Gasteiger partial charge in [-0.2, -0.15) is 0 Å². The van der Waals surface area contributed by atoms with Gasteiger partial charge in [0.05, 0.1) is 27.1 Å². The third-order valence-corrected chi connectivity index (χ3v) is 4.87. The van der Waals surface area contributed by atoms with Gasteiger partial charge in [0.25, 0.3) is 22.2 Å². The van der Waals surface area contributed by atoms with E-state index in [2.05, 4.69) is 30.9 Å². The van der Waals surface area contributed by atoms with Crippen LogP contribution in [-0.4, -0.2) is 15.0 Å². The number of fused-ring (bicyclic) bond motifs is 8. The summed E-state index contributed by atoms with van der Waals surface area (Å²) >= 11 is 3.38. The van der Waals surface area contributed by atoms with Crippen LogP contribution in [0.4, 0.5) is 0 Å². The lowest BCUT2D eigenvalue weighted by Gasteiger charge is -1.96. The van der Waals surface area contributed by atoms with E-state index in [0.29, 0.717) is 21.8 Å². The predicted molar refractivity (Wildman–Crippen MR) is 94.7 cm³/mol. The minimum atomic E-state index is -0.669. The zero-order chi connectivity index (χ0) is 16.7. The molecular weight excluding hydrogens is 378 g/mol. The number of benzene rings is 2. The Morgan fingerprint density at radius 2 is 1.21 bits per heavy atom. The molecule has 3 N–H and O–H groups in total. The van der Waals surface area contributed by atoms with Gasteiger partial charge in [-0.15, -0.1) is 0 Å². The van der Waals surface area contributed by atoms with E-state index in [1.807, 2.05) is 6.07 Å². The molecule has 0 aliphatic rings. The Hall–Kier alpha value is -3.00. The molecule has 0 amide bonds. The third-order valence-electron chi connectivity index (χ3n) is 4.37. The van der Waals surface area contributed by atoms with Crippen LogP contribution < -0.4 is 22.2 Å². The van der Waals surface area contributed by atoms with E-state index in [9.17, 15) is 19.2 Å². The van der Waals surface area contributed by atoms with Gasteiger partial charge in [-0.3, -0.25) is 29.1 Å². The van der Waals surface area contributed by atoms with Crippen molar-refractivity contribution < 1.29 is 0 Å². The molecule has 5 aromatic rings. The van der Waals surface area contributed by atoms with Crippen molar-refractivity contribution >= 4 is 59.3 Å². The molecule has 0 saturated heterocycles. The van der Waals surface area contributed by atoms with Crippen molar-refractivity contribution in [2.24, 2.45) is 0 Å². The van der Waals surface area contributed by atoms with Crippen molar-refractivity contribution in [2.75, 3.05) is 0 Å². The summed E-state index contributed by atoms with van der Waals surface area (Å²) in [6.07, 6.45) is 0. The molecule has 3 aromatic heterocycles. The molecule has 5 rings (SSSR count). The lowest BCUT2D eigenvalue weighted by Crippen LogP contribution is -2.08. The van der Waals surface area contributed by atoms with E-state index in [1.54, 1.807) is 12.1 Å². The number of rotatable bonds is 0. The fraction of sp³-hybridized carbons (Fsp3) is 0. The van der Waals surface area contributed by atoms with Crippen molar-refractivity contribution in [3.8, 4) is 0 Å². The number of aromatic amines is 3. The van der Waals surface area contributed by atoms with Crippen molar-refractivity contribution in [2.45, 2.75) is 0 Å². The summed E-state index contributed by atoms with van der Waals surface area (Å²) in [6.45, 7) is 0. The van der Waals surface area contributed by atoms with Gasteiger partial charge in [0.2, 0.25) is 0 Å². The smallest absolute Gasteiger partial charge is 0.261 e. The highest BCUT2D eigenvalue weighted by Crippen LogP contribution is 2.35. The van der Waals surface area contributed by atoms with E-state index >= 15 is 0 Å². The van der Waals surface area contributed by atoms with Crippen molar-refractivity contribution in [3.63, 3.8) is 0 Å². The average Bonchev–Trinajstić information content (AvgIpc) is 3.12. The number of hydrogen-bond acceptors (Lipinski definition) is 4. The molecule has 0 bridgehead atoms. The first-order chi connectivity index (χ1) is 11.5. The van der Waals surface area contributed by atoms with Crippen LogP contribution in [0.15, 0.2) is 41.8 Å². The monoisotopic (exact) mass is 383 g/mol. The first-order valence-corrected chi connectivity index (χ1v) is 7.79. The number of aromatic nitrogens is 3. The molecule has 2 aromatic carbocycles. The van der Waals surface area contributed by atoms with E-state index in [-0.39, 0.29) is 21.5 Å². The van der Waals surface area contributed by atoms with E-state index < -0.39 is 22.2 Å². The summed E-state index contributed by atoms with van der Waals surface area (Å²) in [5.41, 5.74) is -1.41. The SMILES string of the molecule is O=c1[nH]c(=O)c2c1c1[nH]c3ccc(Br)cc3c1c1c(=O)[nH]c(=O)c21. The Kier molecular flexibility index (Phi) is 2.29. The summed E-state index contributed by atoms with van der Waals surface area (Å²) in [5.74, 6) is 0. The first-order valence-electron chi connectivity index (χ1n) is 6.99. The molecule has 116 valence electrons. The molecule has 8 heteroatoms.